The molecule has 2 fully saturated rings. The fourth-order valence-corrected chi connectivity index (χ4v) is 6.24. The van der Waals surface area contributed by atoms with Gasteiger partial charge in [-0.15, -0.1) is 0 Å². The van der Waals surface area contributed by atoms with Crippen molar-refractivity contribution in [3.63, 3.8) is 0 Å². The van der Waals surface area contributed by atoms with E-state index in [-0.39, 0.29) is 29.7 Å². The largest absolute Gasteiger partial charge is 0.466 e. The standard InChI is InChI=1S/C31H40N4O3.H3O4P/c1-31(2)25-12-6-7-13-27(25)35(30(31)38)24-16-19-34(20-17-24)29(37)26(15-14-22-9-4-3-5-10-22)33-28(36)23-11-8-18-32-21-23;1-5(2,3)4/h3-7,9-10,12-13,23-24,26,32H,8,11,14-21H2,1-2H3,(H,33,36);(H3,1,2,3,4). The first-order valence-electron chi connectivity index (χ1n) is 14.9. The van der Waals surface area contributed by atoms with E-state index in [0.717, 1.165) is 55.5 Å². The van der Waals surface area contributed by atoms with Gasteiger partial charge in [0.15, 0.2) is 0 Å². The van der Waals surface area contributed by atoms with Gasteiger partial charge in [-0.2, -0.15) is 0 Å². The molecule has 0 radical (unpaired) electrons. The first-order valence-corrected chi connectivity index (χ1v) is 16.5. The van der Waals surface area contributed by atoms with E-state index in [0.29, 0.717) is 26.1 Å². The summed E-state index contributed by atoms with van der Waals surface area (Å²) in [5.41, 5.74) is 2.70. The molecule has 0 aromatic heterocycles. The van der Waals surface area contributed by atoms with E-state index in [1.165, 1.54) is 0 Å². The highest BCUT2D eigenvalue weighted by molar-refractivity contribution is 7.45. The lowest BCUT2D eigenvalue weighted by Gasteiger charge is -2.39. The van der Waals surface area contributed by atoms with Gasteiger partial charge in [0.2, 0.25) is 17.7 Å². The second-order valence-electron chi connectivity index (χ2n) is 12.0. The molecule has 3 heterocycles. The number of nitrogens with zero attached hydrogens (tertiary/aromatic N) is 2. The molecular formula is C31H43N4O7P. The van der Waals surface area contributed by atoms with Crippen LogP contribution in [0.1, 0.15) is 57.1 Å². The van der Waals surface area contributed by atoms with Gasteiger partial charge in [0, 0.05) is 31.4 Å². The van der Waals surface area contributed by atoms with E-state index in [1.807, 2.05) is 66.1 Å². The van der Waals surface area contributed by atoms with Gasteiger partial charge in [-0.1, -0.05) is 48.5 Å². The molecule has 2 unspecified atom stereocenters. The third-order valence-corrected chi connectivity index (χ3v) is 8.58. The van der Waals surface area contributed by atoms with Crippen LogP contribution in [0.4, 0.5) is 5.69 Å². The molecule has 0 bridgehead atoms. The Morgan fingerprint density at radius 2 is 1.65 bits per heavy atom. The zero-order valence-electron chi connectivity index (χ0n) is 24.8. The molecule has 11 nitrogen and oxygen atoms in total. The van der Waals surface area contributed by atoms with Gasteiger partial charge in [0.1, 0.15) is 6.04 Å². The van der Waals surface area contributed by atoms with E-state index in [4.69, 9.17) is 19.2 Å². The Morgan fingerprint density at radius 3 is 2.28 bits per heavy atom. The molecule has 234 valence electrons. The number of hydrogen-bond donors (Lipinski definition) is 5. The Morgan fingerprint density at radius 1 is 1.02 bits per heavy atom. The molecule has 5 N–H and O–H groups in total. The molecule has 3 aliphatic rings. The number of nitrogens with one attached hydrogen (secondary N) is 2. The second kappa shape index (κ2) is 14.1. The Kier molecular flexibility index (Phi) is 10.8. The highest BCUT2D eigenvalue weighted by Gasteiger charge is 2.47. The van der Waals surface area contributed by atoms with E-state index >= 15 is 0 Å². The Bertz CT molecular complexity index is 1310. The number of hydrogen-bond acceptors (Lipinski definition) is 5. The molecule has 3 aliphatic heterocycles. The van der Waals surface area contributed by atoms with Crippen molar-refractivity contribution >= 4 is 31.2 Å². The fourth-order valence-electron chi connectivity index (χ4n) is 6.24. The number of amides is 3. The predicted octanol–water partition coefficient (Wildman–Crippen LogP) is 2.49. The van der Waals surface area contributed by atoms with Crippen molar-refractivity contribution in [3.8, 4) is 0 Å². The Labute approximate surface area is 252 Å². The van der Waals surface area contributed by atoms with Crippen LogP contribution in [0, 0.1) is 5.92 Å². The third-order valence-electron chi connectivity index (χ3n) is 8.58. The van der Waals surface area contributed by atoms with Crippen LogP contribution in [0.2, 0.25) is 0 Å². The molecule has 0 spiro atoms. The van der Waals surface area contributed by atoms with Crippen molar-refractivity contribution in [1.29, 1.82) is 0 Å². The number of rotatable bonds is 7. The molecule has 5 rings (SSSR count). The number of carbonyl (C=O) groups excluding carboxylic acids is 3. The molecular weight excluding hydrogens is 571 g/mol. The van der Waals surface area contributed by atoms with Gasteiger partial charge < -0.3 is 35.1 Å². The molecule has 2 aromatic carbocycles. The van der Waals surface area contributed by atoms with Crippen LogP contribution in [-0.2, 0) is 30.8 Å². The van der Waals surface area contributed by atoms with Crippen LogP contribution in [0.25, 0.3) is 0 Å². The minimum atomic E-state index is -4.64. The highest BCUT2D eigenvalue weighted by Crippen LogP contribution is 2.43. The van der Waals surface area contributed by atoms with Crippen LogP contribution in [0.3, 0.4) is 0 Å². The normalized spacial score (nSPS) is 21.0. The highest BCUT2D eigenvalue weighted by atomic mass is 31.2. The van der Waals surface area contributed by atoms with Gasteiger partial charge >= 0.3 is 7.82 Å². The molecule has 0 aliphatic carbocycles. The van der Waals surface area contributed by atoms with Crippen molar-refractivity contribution in [1.82, 2.24) is 15.5 Å². The minimum Gasteiger partial charge on any atom is -0.344 e. The topological polar surface area (TPSA) is 160 Å². The van der Waals surface area contributed by atoms with Crippen molar-refractivity contribution in [2.24, 2.45) is 5.92 Å². The predicted molar refractivity (Wildman–Crippen MR) is 163 cm³/mol. The third kappa shape index (κ3) is 8.52. The number of para-hydroxylation sites is 1. The number of phosphoric acid groups is 1. The number of carbonyl (C=O) groups is 3. The summed E-state index contributed by atoms with van der Waals surface area (Å²) in [7, 11) is -4.64. The Balaban J connectivity index is 0.000000782. The van der Waals surface area contributed by atoms with Crippen LogP contribution in [-0.4, -0.2) is 75.6 Å². The van der Waals surface area contributed by atoms with Crippen LogP contribution in [0.5, 0.6) is 0 Å². The minimum absolute atomic E-state index is 0.00928. The van der Waals surface area contributed by atoms with Gasteiger partial charge in [-0.25, -0.2) is 4.57 Å². The number of benzene rings is 2. The average molecular weight is 615 g/mol. The van der Waals surface area contributed by atoms with Crippen molar-refractivity contribution in [3.05, 3.63) is 65.7 Å². The van der Waals surface area contributed by atoms with E-state index in [2.05, 4.69) is 22.8 Å². The molecule has 12 heteroatoms. The number of piperidine rings is 2. The number of fused-ring (bicyclic) bond motifs is 1. The van der Waals surface area contributed by atoms with E-state index in [1.54, 1.807) is 0 Å². The summed E-state index contributed by atoms with van der Waals surface area (Å²) in [6, 6.07) is 17.7. The van der Waals surface area contributed by atoms with Crippen molar-refractivity contribution in [2.45, 2.75) is 69.9 Å². The molecule has 3 amide bonds. The maximum atomic E-state index is 13.7. The lowest BCUT2D eigenvalue weighted by atomic mass is 9.86. The summed E-state index contributed by atoms with van der Waals surface area (Å²) < 4.78 is 8.88. The summed E-state index contributed by atoms with van der Waals surface area (Å²) in [5, 5.41) is 6.42. The molecule has 2 aromatic rings. The number of aryl methyl sites for hydroxylation is 1. The van der Waals surface area contributed by atoms with Gasteiger partial charge in [0.25, 0.3) is 0 Å². The van der Waals surface area contributed by atoms with Gasteiger partial charge in [-0.3, -0.25) is 14.4 Å². The van der Waals surface area contributed by atoms with E-state index < -0.39 is 19.3 Å². The average Bonchev–Trinajstić information content (AvgIpc) is 3.19. The van der Waals surface area contributed by atoms with Crippen molar-refractivity contribution in [2.75, 3.05) is 31.1 Å². The number of likely N-dealkylation sites (tertiary alicyclic amines) is 1. The summed E-state index contributed by atoms with van der Waals surface area (Å²) in [5.74, 6) is 0.00802. The monoisotopic (exact) mass is 614 g/mol. The summed E-state index contributed by atoms with van der Waals surface area (Å²) in [6.07, 6.45) is 4.59. The molecule has 2 saturated heterocycles. The summed E-state index contributed by atoms with van der Waals surface area (Å²) in [6.45, 7) is 6.76. The second-order valence-corrected chi connectivity index (χ2v) is 13.0. The fraction of sp³-hybridized carbons (Fsp3) is 0.516. The number of anilines is 1. The first kappa shape index (κ1) is 32.8. The summed E-state index contributed by atoms with van der Waals surface area (Å²) >= 11 is 0. The van der Waals surface area contributed by atoms with Crippen LogP contribution >= 0.6 is 7.82 Å². The zero-order valence-corrected chi connectivity index (χ0v) is 25.7. The lowest BCUT2D eigenvalue weighted by molar-refractivity contribution is -0.138. The van der Waals surface area contributed by atoms with E-state index in [9.17, 15) is 14.4 Å². The maximum Gasteiger partial charge on any atom is 0.466 e. The quantitative estimate of drug-likeness (QED) is 0.298. The lowest BCUT2D eigenvalue weighted by Crippen LogP contribution is -2.55. The smallest absolute Gasteiger partial charge is 0.344 e. The van der Waals surface area contributed by atoms with Gasteiger partial charge in [-0.05, 0) is 76.1 Å². The Hall–Kier alpha value is -3.08. The summed E-state index contributed by atoms with van der Waals surface area (Å²) in [4.78, 5) is 65.6. The van der Waals surface area contributed by atoms with Gasteiger partial charge in [0.05, 0.1) is 11.3 Å². The van der Waals surface area contributed by atoms with Crippen LogP contribution < -0.4 is 15.5 Å². The zero-order chi connectivity index (χ0) is 31.2. The molecule has 43 heavy (non-hydrogen) atoms. The SMILES string of the molecule is CC1(C)C(=O)N(C2CCN(C(=O)C(CCc3ccccc3)NC(=O)C3CCCNC3)CC2)c2ccccc21.O=P(O)(O)O. The molecule has 0 saturated carbocycles. The van der Waals surface area contributed by atoms with Crippen LogP contribution in [0.15, 0.2) is 54.6 Å². The van der Waals surface area contributed by atoms with Crippen molar-refractivity contribution < 1.29 is 33.6 Å². The maximum absolute atomic E-state index is 13.7. The first-order chi connectivity index (χ1) is 20.4. The molecule has 2 atom stereocenters.